The van der Waals surface area contributed by atoms with Crippen LogP contribution in [0.2, 0.25) is 0 Å². The van der Waals surface area contributed by atoms with Crippen LogP contribution in [-0.2, 0) is 14.9 Å². The zero-order valence-electron chi connectivity index (χ0n) is 13.7. The number of aromatic hydroxyl groups is 1. The molecule has 118 valence electrons. The van der Waals surface area contributed by atoms with Crippen LogP contribution in [0.5, 0.6) is 5.75 Å². The second-order valence-corrected chi connectivity index (χ2v) is 6.56. The van der Waals surface area contributed by atoms with Gasteiger partial charge in [0.15, 0.2) is 0 Å². The van der Waals surface area contributed by atoms with E-state index in [1.54, 1.807) is 12.1 Å². The van der Waals surface area contributed by atoms with E-state index in [2.05, 4.69) is 20.8 Å². The van der Waals surface area contributed by atoms with Crippen LogP contribution in [0.1, 0.15) is 58.9 Å². The summed E-state index contributed by atoms with van der Waals surface area (Å²) in [6.45, 7) is 8.66. The Morgan fingerprint density at radius 2 is 1.86 bits per heavy atom. The van der Waals surface area contributed by atoms with E-state index in [0.717, 1.165) is 25.7 Å². The lowest BCUT2D eigenvalue weighted by Crippen LogP contribution is -2.17. The lowest BCUT2D eigenvalue weighted by Gasteiger charge is -2.26. The highest BCUT2D eigenvalue weighted by Gasteiger charge is 2.20. The number of phenolic OH excluding ortho intramolecular Hbond substituents is 1. The fourth-order valence-electron chi connectivity index (χ4n) is 2.50. The van der Waals surface area contributed by atoms with Gasteiger partial charge in [0.25, 0.3) is 0 Å². The van der Waals surface area contributed by atoms with Gasteiger partial charge in [0.05, 0.1) is 6.61 Å². The van der Waals surface area contributed by atoms with Crippen LogP contribution in [-0.4, -0.2) is 17.7 Å². The molecule has 0 heterocycles. The smallest absolute Gasteiger partial charge is 0.302 e. The summed E-state index contributed by atoms with van der Waals surface area (Å²) in [5.74, 6) is 0.685. The van der Waals surface area contributed by atoms with Gasteiger partial charge in [-0.2, -0.15) is 0 Å². The van der Waals surface area contributed by atoms with Gasteiger partial charge in [-0.3, -0.25) is 4.79 Å². The average molecular weight is 292 g/mol. The van der Waals surface area contributed by atoms with Crippen LogP contribution in [0, 0.1) is 5.92 Å². The predicted octanol–water partition coefficient (Wildman–Crippen LogP) is 4.43. The number of rotatable bonds is 8. The molecule has 0 saturated carbocycles. The minimum absolute atomic E-state index is 0.114. The van der Waals surface area contributed by atoms with E-state index in [1.165, 1.54) is 12.5 Å². The molecule has 0 aliphatic carbocycles. The van der Waals surface area contributed by atoms with Gasteiger partial charge in [0, 0.05) is 6.92 Å². The molecule has 1 rings (SSSR count). The maximum Gasteiger partial charge on any atom is 0.302 e. The third-order valence-electron chi connectivity index (χ3n) is 4.06. The first-order valence-electron chi connectivity index (χ1n) is 7.74. The standard InChI is InChI=1S/C18H28O3/c1-14(11-13-21-15(2)19)6-5-12-18(3,4)16-7-9-17(20)10-8-16/h7-10,14,20H,5-6,11-13H2,1-4H3. The minimum atomic E-state index is -0.198. The van der Waals surface area contributed by atoms with Crippen molar-refractivity contribution in [2.75, 3.05) is 6.61 Å². The Hall–Kier alpha value is -1.51. The van der Waals surface area contributed by atoms with Gasteiger partial charge in [-0.1, -0.05) is 45.7 Å². The van der Waals surface area contributed by atoms with E-state index in [0.29, 0.717) is 18.3 Å². The largest absolute Gasteiger partial charge is 0.508 e. The molecule has 0 bridgehead atoms. The number of ether oxygens (including phenoxy) is 1. The van der Waals surface area contributed by atoms with E-state index in [9.17, 15) is 9.90 Å². The van der Waals surface area contributed by atoms with Crippen molar-refractivity contribution in [3.05, 3.63) is 29.8 Å². The highest BCUT2D eigenvalue weighted by atomic mass is 16.5. The molecular weight excluding hydrogens is 264 g/mol. The summed E-state index contributed by atoms with van der Waals surface area (Å²) < 4.78 is 4.98. The Labute approximate surface area is 128 Å². The molecule has 3 heteroatoms. The molecule has 0 fully saturated rings. The first-order chi connectivity index (χ1) is 9.81. The summed E-state index contributed by atoms with van der Waals surface area (Å²) in [5, 5.41) is 9.36. The number of carbonyl (C=O) groups excluding carboxylic acids is 1. The monoisotopic (exact) mass is 292 g/mol. The number of phenols is 1. The number of benzene rings is 1. The van der Waals surface area contributed by atoms with Crippen molar-refractivity contribution in [1.29, 1.82) is 0 Å². The highest BCUT2D eigenvalue weighted by Crippen LogP contribution is 2.31. The van der Waals surface area contributed by atoms with E-state index in [-0.39, 0.29) is 11.4 Å². The summed E-state index contributed by atoms with van der Waals surface area (Å²) in [5.41, 5.74) is 1.37. The van der Waals surface area contributed by atoms with Gasteiger partial charge >= 0.3 is 5.97 Å². The van der Waals surface area contributed by atoms with Crippen molar-refractivity contribution in [2.45, 2.75) is 58.8 Å². The second kappa shape index (κ2) is 8.06. The summed E-state index contributed by atoms with van der Waals surface area (Å²) in [4.78, 5) is 10.7. The molecule has 0 saturated heterocycles. The molecule has 21 heavy (non-hydrogen) atoms. The maximum absolute atomic E-state index is 10.7. The summed E-state index contributed by atoms with van der Waals surface area (Å²) in [6, 6.07) is 7.50. The van der Waals surface area contributed by atoms with Crippen molar-refractivity contribution in [3.8, 4) is 5.75 Å². The van der Waals surface area contributed by atoms with Crippen LogP contribution < -0.4 is 0 Å². The summed E-state index contributed by atoms with van der Waals surface area (Å²) >= 11 is 0. The number of hydrogen-bond acceptors (Lipinski definition) is 3. The molecule has 3 nitrogen and oxygen atoms in total. The SMILES string of the molecule is CC(=O)OCCC(C)CCCC(C)(C)c1ccc(O)cc1. The molecule has 0 aliphatic heterocycles. The molecule has 0 amide bonds. The summed E-state index contributed by atoms with van der Waals surface area (Å²) in [7, 11) is 0. The first kappa shape index (κ1) is 17.5. The number of carbonyl (C=O) groups is 1. The van der Waals surface area contributed by atoms with Crippen molar-refractivity contribution in [3.63, 3.8) is 0 Å². The number of hydrogen-bond donors (Lipinski definition) is 1. The Morgan fingerprint density at radius 3 is 2.43 bits per heavy atom. The molecule has 0 aromatic heterocycles. The lowest BCUT2D eigenvalue weighted by molar-refractivity contribution is -0.141. The van der Waals surface area contributed by atoms with E-state index < -0.39 is 0 Å². The van der Waals surface area contributed by atoms with Crippen molar-refractivity contribution >= 4 is 5.97 Å². The zero-order chi connectivity index (χ0) is 15.9. The molecule has 1 N–H and O–H groups in total. The topological polar surface area (TPSA) is 46.5 Å². The Balaban J connectivity index is 2.33. The van der Waals surface area contributed by atoms with E-state index >= 15 is 0 Å². The van der Waals surface area contributed by atoms with Crippen molar-refractivity contribution in [1.82, 2.24) is 0 Å². The Kier molecular flexibility index (Phi) is 6.73. The molecule has 0 radical (unpaired) electrons. The van der Waals surface area contributed by atoms with Gasteiger partial charge in [-0.05, 0) is 41.9 Å². The Morgan fingerprint density at radius 1 is 1.24 bits per heavy atom. The fourth-order valence-corrected chi connectivity index (χ4v) is 2.50. The van der Waals surface area contributed by atoms with Crippen LogP contribution in [0.4, 0.5) is 0 Å². The maximum atomic E-state index is 10.7. The van der Waals surface area contributed by atoms with Gasteiger partial charge < -0.3 is 9.84 Å². The van der Waals surface area contributed by atoms with Crippen LogP contribution in [0.25, 0.3) is 0 Å². The molecule has 1 unspecified atom stereocenters. The molecule has 1 aromatic carbocycles. The number of esters is 1. The van der Waals surface area contributed by atoms with E-state index in [1.807, 2.05) is 12.1 Å². The van der Waals surface area contributed by atoms with Gasteiger partial charge in [-0.15, -0.1) is 0 Å². The zero-order valence-corrected chi connectivity index (χ0v) is 13.7. The van der Waals surface area contributed by atoms with Gasteiger partial charge in [0.1, 0.15) is 5.75 Å². The molecule has 0 spiro atoms. The minimum Gasteiger partial charge on any atom is -0.508 e. The van der Waals surface area contributed by atoms with Crippen LogP contribution in [0.3, 0.4) is 0 Å². The third kappa shape index (κ3) is 6.65. The third-order valence-corrected chi connectivity index (χ3v) is 4.06. The van der Waals surface area contributed by atoms with Crippen LogP contribution in [0.15, 0.2) is 24.3 Å². The van der Waals surface area contributed by atoms with Gasteiger partial charge in [-0.25, -0.2) is 0 Å². The normalized spacial score (nSPS) is 13.0. The highest BCUT2D eigenvalue weighted by molar-refractivity contribution is 5.65. The van der Waals surface area contributed by atoms with Gasteiger partial charge in [0.2, 0.25) is 0 Å². The molecular formula is C18H28O3. The second-order valence-electron chi connectivity index (χ2n) is 6.56. The molecule has 1 atom stereocenters. The quantitative estimate of drug-likeness (QED) is 0.721. The van der Waals surface area contributed by atoms with Crippen molar-refractivity contribution in [2.24, 2.45) is 5.92 Å². The van der Waals surface area contributed by atoms with Crippen molar-refractivity contribution < 1.29 is 14.6 Å². The fraction of sp³-hybridized carbons (Fsp3) is 0.611. The first-order valence-corrected chi connectivity index (χ1v) is 7.74. The molecule has 0 aliphatic rings. The van der Waals surface area contributed by atoms with E-state index in [4.69, 9.17) is 4.74 Å². The lowest BCUT2D eigenvalue weighted by atomic mass is 9.79. The average Bonchev–Trinajstić information content (AvgIpc) is 2.38. The van der Waals surface area contributed by atoms with Crippen LogP contribution >= 0.6 is 0 Å². The molecule has 1 aromatic rings. The Bertz CT molecular complexity index is 434. The predicted molar refractivity (Wildman–Crippen MR) is 85.4 cm³/mol. The summed E-state index contributed by atoms with van der Waals surface area (Å²) in [6.07, 6.45) is 4.33.